The van der Waals surface area contributed by atoms with Crippen LogP contribution in [-0.2, 0) is 0 Å². The van der Waals surface area contributed by atoms with Crippen LogP contribution in [0.4, 0.5) is 0 Å². The first kappa shape index (κ1) is 5.29. The molecule has 0 spiro atoms. The lowest BCUT2D eigenvalue weighted by Gasteiger charge is -1.94. The van der Waals surface area contributed by atoms with Gasteiger partial charge in [-0.3, -0.25) is 4.40 Å². The minimum absolute atomic E-state index is 0.218. The van der Waals surface area contributed by atoms with Crippen LogP contribution in [0.1, 0.15) is 0 Å². The molecule has 0 radical (unpaired) electrons. The van der Waals surface area contributed by atoms with E-state index >= 15 is 0 Å². The van der Waals surface area contributed by atoms with Gasteiger partial charge in [0.2, 0.25) is 0 Å². The van der Waals surface area contributed by atoms with Gasteiger partial charge in [-0.05, 0) is 12.1 Å². The predicted octanol–water partition coefficient (Wildman–Crippen LogP) is 1.04. The average molecular weight is 134 g/mol. The highest BCUT2D eigenvalue weighted by atomic mass is 16.3. The SMILES string of the molecule is Oc1cccc2nccn12. The minimum Gasteiger partial charge on any atom is -0.494 e. The molecule has 3 nitrogen and oxygen atoms in total. The van der Waals surface area contributed by atoms with Crippen LogP contribution in [-0.4, -0.2) is 14.5 Å². The van der Waals surface area contributed by atoms with Crippen LogP contribution in [0.5, 0.6) is 5.88 Å². The molecular formula is C7H6N2O. The quantitative estimate of drug-likeness (QED) is 0.584. The summed E-state index contributed by atoms with van der Waals surface area (Å²) in [6.45, 7) is 0. The highest BCUT2D eigenvalue weighted by Gasteiger charge is 1.94. The van der Waals surface area contributed by atoms with Crippen molar-refractivity contribution in [3.63, 3.8) is 0 Å². The normalized spacial score (nSPS) is 10.4. The predicted molar refractivity (Wildman–Crippen MR) is 36.9 cm³/mol. The minimum atomic E-state index is 0.218. The number of nitrogens with zero attached hydrogens (tertiary/aromatic N) is 2. The van der Waals surface area contributed by atoms with Gasteiger partial charge in [0.15, 0.2) is 5.88 Å². The number of aromatic hydroxyl groups is 1. The molecule has 0 aliphatic rings. The second-order valence-corrected chi connectivity index (χ2v) is 2.04. The second-order valence-electron chi connectivity index (χ2n) is 2.04. The summed E-state index contributed by atoms with van der Waals surface area (Å²) < 4.78 is 1.61. The molecule has 2 aromatic heterocycles. The van der Waals surface area contributed by atoms with E-state index in [0.29, 0.717) is 0 Å². The van der Waals surface area contributed by atoms with Crippen molar-refractivity contribution in [2.75, 3.05) is 0 Å². The first-order valence-electron chi connectivity index (χ1n) is 2.99. The van der Waals surface area contributed by atoms with Gasteiger partial charge in [-0.1, -0.05) is 6.07 Å². The van der Waals surface area contributed by atoms with Crippen molar-refractivity contribution in [3.8, 4) is 5.88 Å². The van der Waals surface area contributed by atoms with E-state index in [2.05, 4.69) is 4.98 Å². The van der Waals surface area contributed by atoms with Gasteiger partial charge in [0.05, 0.1) is 0 Å². The number of aromatic nitrogens is 2. The van der Waals surface area contributed by atoms with Crippen molar-refractivity contribution in [2.45, 2.75) is 0 Å². The van der Waals surface area contributed by atoms with E-state index in [1.54, 1.807) is 28.9 Å². The zero-order chi connectivity index (χ0) is 6.97. The largest absolute Gasteiger partial charge is 0.494 e. The topological polar surface area (TPSA) is 37.5 Å². The summed E-state index contributed by atoms with van der Waals surface area (Å²) in [4.78, 5) is 3.98. The summed E-state index contributed by atoms with van der Waals surface area (Å²) in [6.07, 6.45) is 3.36. The van der Waals surface area contributed by atoms with Crippen LogP contribution in [0.2, 0.25) is 0 Å². The van der Waals surface area contributed by atoms with Crippen molar-refractivity contribution < 1.29 is 5.11 Å². The van der Waals surface area contributed by atoms with E-state index in [-0.39, 0.29) is 5.88 Å². The number of hydrogen-bond acceptors (Lipinski definition) is 2. The zero-order valence-electron chi connectivity index (χ0n) is 5.23. The Hall–Kier alpha value is -1.51. The summed E-state index contributed by atoms with van der Waals surface area (Å²) in [6, 6.07) is 5.21. The fraction of sp³-hybridized carbons (Fsp3) is 0. The first-order valence-corrected chi connectivity index (χ1v) is 2.99. The third kappa shape index (κ3) is 0.572. The summed E-state index contributed by atoms with van der Waals surface area (Å²) in [5.74, 6) is 0.218. The zero-order valence-corrected chi connectivity index (χ0v) is 5.23. The number of fused-ring (bicyclic) bond motifs is 1. The third-order valence-corrected chi connectivity index (χ3v) is 1.41. The van der Waals surface area contributed by atoms with Gasteiger partial charge in [0, 0.05) is 12.4 Å². The smallest absolute Gasteiger partial charge is 0.196 e. The number of rotatable bonds is 0. The van der Waals surface area contributed by atoms with Gasteiger partial charge in [-0.2, -0.15) is 0 Å². The molecule has 2 rings (SSSR count). The van der Waals surface area contributed by atoms with Gasteiger partial charge in [0.1, 0.15) is 5.65 Å². The number of imidazole rings is 1. The van der Waals surface area contributed by atoms with Crippen LogP contribution in [0.25, 0.3) is 5.65 Å². The Labute approximate surface area is 57.6 Å². The molecule has 0 aliphatic heterocycles. The Bertz CT molecular complexity index is 353. The Kier molecular flexibility index (Phi) is 0.917. The molecule has 1 N–H and O–H groups in total. The summed E-state index contributed by atoms with van der Waals surface area (Å²) >= 11 is 0. The fourth-order valence-electron chi connectivity index (χ4n) is 0.933. The standard InChI is InChI=1S/C7H6N2O/c10-7-3-1-2-6-8-4-5-9(6)7/h1-5,10H. The molecular weight excluding hydrogens is 128 g/mol. The summed E-state index contributed by atoms with van der Waals surface area (Å²) in [7, 11) is 0. The maximum atomic E-state index is 9.18. The van der Waals surface area contributed by atoms with Gasteiger partial charge in [0.25, 0.3) is 0 Å². The van der Waals surface area contributed by atoms with E-state index in [0.717, 1.165) is 5.65 Å². The lowest BCUT2D eigenvalue weighted by atomic mass is 10.5. The van der Waals surface area contributed by atoms with E-state index in [4.69, 9.17) is 0 Å². The maximum absolute atomic E-state index is 9.18. The molecule has 2 aromatic rings. The molecule has 0 atom stereocenters. The molecule has 0 saturated carbocycles. The van der Waals surface area contributed by atoms with Gasteiger partial charge >= 0.3 is 0 Å². The number of pyridine rings is 1. The van der Waals surface area contributed by atoms with Gasteiger partial charge in [-0.25, -0.2) is 4.98 Å². The maximum Gasteiger partial charge on any atom is 0.196 e. The van der Waals surface area contributed by atoms with Crippen molar-refractivity contribution in [1.82, 2.24) is 9.38 Å². The van der Waals surface area contributed by atoms with Crippen molar-refractivity contribution in [3.05, 3.63) is 30.6 Å². The van der Waals surface area contributed by atoms with Crippen LogP contribution in [0.3, 0.4) is 0 Å². The van der Waals surface area contributed by atoms with Crippen LogP contribution < -0.4 is 0 Å². The molecule has 0 saturated heterocycles. The lowest BCUT2D eigenvalue weighted by Crippen LogP contribution is -1.81. The van der Waals surface area contributed by atoms with E-state index in [9.17, 15) is 5.11 Å². The number of hydrogen-bond donors (Lipinski definition) is 1. The Morgan fingerprint density at radius 1 is 1.40 bits per heavy atom. The van der Waals surface area contributed by atoms with E-state index < -0.39 is 0 Å². The fourth-order valence-corrected chi connectivity index (χ4v) is 0.933. The van der Waals surface area contributed by atoms with Crippen molar-refractivity contribution in [1.29, 1.82) is 0 Å². The van der Waals surface area contributed by atoms with Gasteiger partial charge < -0.3 is 5.11 Å². The lowest BCUT2D eigenvalue weighted by molar-refractivity contribution is 0.446. The summed E-state index contributed by atoms with van der Waals surface area (Å²) in [5, 5.41) is 9.18. The molecule has 10 heavy (non-hydrogen) atoms. The van der Waals surface area contributed by atoms with Crippen molar-refractivity contribution in [2.24, 2.45) is 0 Å². The highest BCUT2D eigenvalue weighted by Crippen LogP contribution is 2.10. The molecule has 0 aliphatic carbocycles. The Balaban J connectivity index is 2.95. The summed E-state index contributed by atoms with van der Waals surface area (Å²) in [5.41, 5.74) is 0.764. The van der Waals surface area contributed by atoms with Crippen LogP contribution >= 0.6 is 0 Å². The molecule has 2 heterocycles. The van der Waals surface area contributed by atoms with Crippen molar-refractivity contribution >= 4 is 5.65 Å². The second kappa shape index (κ2) is 1.73. The van der Waals surface area contributed by atoms with E-state index in [1.807, 2.05) is 6.07 Å². The molecule has 0 amide bonds. The monoisotopic (exact) mass is 134 g/mol. The van der Waals surface area contributed by atoms with E-state index in [1.165, 1.54) is 0 Å². The van der Waals surface area contributed by atoms with Crippen LogP contribution in [0.15, 0.2) is 30.6 Å². The van der Waals surface area contributed by atoms with Crippen LogP contribution in [0, 0.1) is 0 Å². The molecule has 0 aromatic carbocycles. The van der Waals surface area contributed by atoms with Gasteiger partial charge in [-0.15, -0.1) is 0 Å². The molecule has 0 bridgehead atoms. The molecule has 0 unspecified atom stereocenters. The average Bonchev–Trinajstić information content (AvgIpc) is 2.36. The third-order valence-electron chi connectivity index (χ3n) is 1.41. The molecule has 3 heteroatoms. The molecule has 50 valence electrons. The first-order chi connectivity index (χ1) is 4.88. The molecule has 0 fully saturated rings. The highest BCUT2D eigenvalue weighted by molar-refractivity contribution is 5.41. The Morgan fingerprint density at radius 3 is 3.10 bits per heavy atom. The Morgan fingerprint density at radius 2 is 2.30 bits per heavy atom.